The standard InChI is InChI=1S/C23H23F5N2O3/c1-12(2)33-21(32)14-9-30(20(31)13-6-7-16(24)17(25)8-13)11-22(3,4)18-15(23(26,27)28)10-29(5)19(14)18/h6-10,12H,11H2,1-5H3. The van der Waals surface area contributed by atoms with Crippen molar-refractivity contribution in [2.75, 3.05) is 6.54 Å². The van der Waals surface area contributed by atoms with E-state index in [-0.39, 0.29) is 28.9 Å². The Balaban J connectivity index is 2.24. The number of hydrogen-bond acceptors (Lipinski definition) is 3. The third kappa shape index (κ3) is 4.65. The van der Waals surface area contributed by atoms with Gasteiger partial charge >= 0.3 is 12.1 Å². The van der Waals surface area contributed by atoms with E-state index in [0.717, 1.165) is 29.4 Å². The summed E-state index contributed by atoms with van der Waals surface area (Å²) in [6.07, 6.45) is -3.27. The minimum atomic E-state index is -4.71. The van der Waals surface area contributed by atoms with Crippen molar-refractivity contribution >= 4 is 17.4 Å². The van der Waals surface area contributed by atoms with E-state index in [1.54, 1.807) is 13.8 Å². The molecule has 178 valence electrons. The van der Waals surface area contributed by atoms with Gasteiger partial charge in [0.05, 0.1) is 22.9 Å². The lowest BCUT2D eigenvalue weighted by Crippen LogP contribution is -2.37. The smallest absolute Gasteiger partial charge is 0.418 e. The Morgan fingerprint density at radius 1 is 1.12 bits per heavy atom. The molecule has 0 saturated carbocycles. The number of esters is 1. The predicted octanol–water partition coefficient (Wildman–Crippen LogP) is 5.05. The van der Waals surface area contributed by atoms with E-state index in [0.29, 0.717) is 6.07 Å². The van der Waals surface area contributed by atoms with Gasteiger partial charge in [0, 0.05) is 37.0 Å². The van der Waals surface area contributed by atoms with Crippen LogP contribution in [0.4, 0.5) is 22.0 Å². The Hall–Kier alpha value is -3.17. The summed E-state index contributed by atoms with van der Waals surface area (Å²) < 4.78 is 75.2. The van der Waals surface area contributed by atoms with Gasteiger partial charge in [-0.1, -0.05) is 13.8 Å². The molecule has 0 bridgehead atoms. The first-order valence-electron chi connectivity index (χ1n) is 10.1. The zero-order valence-electron chi connectivity index (χ0n) is 18.7. The number of alkyl halides is 3. The van der Waals surface area contributed by atoms with Crippen molar-refractivity contribution in [3.05, 3.63) is 64.6 Å². The lowest BCUT2D eigenvalue weighted by atomic mass is 9.81. The fourth-order valence-corrected chi connectivity index (χ4v) is 3.97. The van der Waals surface area contributed by atoms with Crippen LogP contribution in [0.5, 0.6) is 0 Å². The Kier molecular flexibility index (Phi) is 6.16. The van der Waals surface area contributed by atoms with Crippen molar-refractivity contribution in [2.24, 2.45) is 7.05 Å². The van der Waals surface area contributed by atoms with E-state index in [1.165, 1.54) is 25.5 Å². The molecule has 1 amide bonds. The Bertz CT molecular complexity index is 1150. The van der Waals surface area contributed by atoms with Crippen molar-refractivity contribution in [1.29, 1.82) is 0 Å². The van der Waals surface area contributed by atoms with Crippen molar-refractivity contribution < 1.29 is 36.3 Å². The largest absolute Gasteiger partial charge is 0.459 e. The summed E-state index contributed by atoms with van der Waals surface area (Å²) in [5, 5.41) is 0. The molecule has 0 atom stereocenters. The average Bonchev–Trinajstić information content (AvgIpc) is 2.98. The molecule has 0 unspecified atom stereocenters. The molecule has 2 heterocycles. The summed E-state index contributed by atoms with van der Waals surface area (Å²) in [6, 6.07) is 2.54. The first-order valence-corrected chi connectivity index (χ1v) is 10.1. The van der Waals surface area contributed by atoms with Gasteiger partial charge in [-0.2, -0.15) is 13.2 Å². The van der Waals surface area contributed by atoms with E-state index in [2.05, 4.69) is 0 Å². The van der Waals surface area contributed by atoms with E-state index in [1.807, 2.05) is 0 Å². The second kappa shape index (κ2) is 8.31. The molecule has 0 fully saturated rings. The molecular weight excluding hydrogens is 447 g/mol. The number of amides is 1. The van der Waals surface area contributed by atoms with Crippen LogP contribution < -0.4 is 0 Å². The number of fused-ring (bicyclic) bond motifs is 1. The van der Waals surface area contributed by atoms with Crippen LogP contribution in [0, 0.1) is 11.6 Å². The lowest BCUT2D eigenvalue weighted by molar-refractivity contribution is -0.140. The molecular formula is C23H23F5N2O3. The number of nitrogens with zero attached hydrogens (tertiary/aromatic N) is 2. The number of aryl methyl sites for hydroxylation is 1. The third-order valence-electron chi connectivity index (χ3n) is 5.26. The fourth-order valence-electron chi connectivity index (χ4n) is 3.97. The summed E-state index contributed by atoms with van der Waals surface area (Å²) >= 11 is 0. The molecule has 3 rings (SSSR count). The van der Waals surface area contributed by atoms with Gasteiger partial charge in [0.2, 0.25) is 0 Å². The number of rotatable bonds is 3. The zero-order valence-corrected chi connectivity index (χ0v) is 18.7. The van der Waals surface area contributed by atoms with Gasteiger partial charge in [-0.25, -0.2) is 13.6 Å². The zero-order chi connectivity index (χ0) is 24.9. The molecule has 1 aliphatic heterocycles. The van der Waals surface area contributed by atoms with Gasteiger partial charge in [-0.3, -0.25) is 4.79 Å². The van der Waals surface area contributed by atoms with Crippen molar-refractivity contribution in [3.8, 4) is 0 Å². The SMILES string of the molecule is CC(C)OC(=O)C1=CN(C(=O)c2ccc(F)c(F)c2)CC(C)(C)c2c(C(F)(F)F)cn(C)c21. The number of carbonyl (C=O) groups is 2. The number of benzene rings is 1. The minimum absolute atomic E-state index is 0.0291. The van der Waals surface area contributed by atoms with E-state index >= 15 is 0 Å². The van der Waals surface area contributed by atoms with Gasteiger partial charge in [0.25, 0.3) is 5.91 Å². The fraction of sp³-hybridized carbons (Fsp3) is 0.391. The van der Waals surface area contributed by atoms with Crippen molar-refractivity contribution in [3.63, 3.8) is 0 Å². The molecule has 0 aliphatic carbocycles. The highest BCUT2D eigenvalue weighted by molar-refractivity contribution is 6.17. The summed E-state index contributed by atoms with van der Waals surface area (Å²) in [7, 11) is 1.37. The van der Waals surface area contributed by atoms with Crippen LogP contribution in [0.15, 0.2) is 30.6 Å². The Morgan fingerprint density at radius 2 is 1.76 bits per heavy atom. The van der Waals surface area contributed by atoms with E-state index in [4.69, 9.17) is 4.74 Å². The van der Waals surface area contributed by atoms with Gasteiger partial charge in [0.15, 0.2) is 11.6 Å². The van der Waals surface area contributed by atoms with Crippen LogP contribution in [-0.4, -0.2) is 34.0 Å². The molecule has 1 aromatic heterocycles. The first kappa shape index (κ1) is 24.5. The number of halogens is 5. The van der Waals surface area contributed by atoms with Gasteiger partial charge in [0.1, 0.15) is 0 Å². The molecule has 2 aromatic rings. The highest BCUT2D eigenvalue weighted by Crippen LogP contribution is 2.44. The number of ether oxygens (including phenoxy) is 1. The van der Waals surface area contributed by atoms with Crippen molar-refractivity contribution in [1.82, 2.24) is 9.47 Å². The average molecular weight is 470 g/mol. The minimum Gasteiger partial charge on any atom is -0.459 e. The maximum atomic E-state index is 13.9. The Labute approximate surface area is 187 Å². The second-order valence-electron chi connectivity index (χ2n) is 8.82. The summed E-state index contributed by atoms with van der Waals surface area (Å²) in [5.41, 5.74) is -2.87. The number of carbonyl (C=O) groups excluding carboxylic acids is 2. The van der Waals surface area contributed by atoms with E-state index < -0.39 is 46.8 Å². The maximum absolute atomic E-state index is 13.9. The third-order valence-corrected chi connectivity index (χ3v) is 5.26. The van der Waals surface area contributed by atoms with Crippen LogP contribution in [0.25, 0.3) is 5.57 Å². The summed E-state index contributed by atoms with van der Waals surface area (Å²) in [4.78, 5) is 27.1. The van der Waals surface area contributed by atoms with Crippen LogP contribution in [-0.2, 0) is 28.2 Å². The maximum Gasteiger partial charge on any atom is 0.418 e. The second-order valence-corrected chi connectivity index (χ2v) is 8.82. The van der Waals surface area contributed by atoms with E-state index in [9.17, 15) is 31.5 Å². The predicted molar refractivity (Wildman–Crippen MR) is 110 cm³/mol. The van der Waals surface area contributed by atoms with Crippen LogP contribution in [0.1, 0.15) is 54.9 Å². The molecule has 5 nitrogen and oxygen atoms in total. The lowest BCUT2D eigenvalue weighted by Gasteiger charge is -2.30. The Morgan fingerprint density at radius 3 is 2.30 bits per heavy atom. The van der Waals surface area contributed by atoms with Gasteiger partial charge in [-0.05, 0) is 37.6 Å². The summed E-state index contributed by atoms with van der Waals surface area (Å²) in [6.45, 7) is 5.92. The first-order chi connectivity index (χ1) is 15.1. The molecule has 0 N–H and O–H groups in total. The van der Waals surface area contributed by atoms with Crippen LogP contribution in [0.2, 0.25) is 0 Å². The highest BCUT2D eigenvalue weighted by atomic mass is 19.4. The molecule has 1 aliphatic rings. The number of hydrogen-bond donors (Lipinski definition) is 0. The van der Waals surface area contributed by atoms with Crippen LogP contribution in [0.3, 0.4) is 0 Å². The van der Waals surface area contributed by atoms with Gasteiger partial charge < -0.3 is 14.2 Å². The molecule has 0 radical (unpaired) electrons. The van der Waals surface area contributed by atoms with Gasteiger partial charge in [-0.15, -0.1) is 0 Å². The normalized spacial score (nSPS) is 15.7. The molecule has 0 saturated heterocycles. The molecule has 0 spiro atoms. The monoisotopic (exact) mass is 470 g/mol. The highest BCUT2D eigenvalue weighted by Gasteiger charge is 2.45. The number of aromatic nitrogens is 1. The molecule has 10 heteroatoms. The summed E-state index contributed by atoms with van der Waals surface area (Å²) in [5.74, 6) is -4.12. The van der Waals surface area contributed by atoms with Crippen molar-refractivity contribution in [2.45, 2.75) is 45.4 Å². The quantitative estimate of drug-likeness (QED) is 0.466. The van der Waals surface area contributed by atoms with Crippen LogP contribution >= 0.6 is 0 Å². The molecule has 1 aromatic carbocycles. The topological polar surface area (TPSA) is 51.5 Å². The molecule has 33 heavy (non-hydrogen) atoms.